The molecule has 1 atom stereocenters. The predicted molar refractivity (Wildman–Crippen MR) is 109 cm³/mol. The zero-order chi connectivity index (χ0) is 21.5. The fraction of sp³-hybridized carbons (Fsp3) is 0.318. The first-order chi connectivity index (χ1) is 15.0. The molecule has 160 valence electrons. The van der Waals surface area contributed by atoms with E-state index in [0.29, 0.717) is 28.4 Å². The summed E-state index contributed by atoms with van der Waals surface area (Å²) in [6.45, 7) is 1.90. The first-order valence-electron chi connectivity index (χ1n) is 10.0. The molecular weight excluding hydrogens is 669 g/mol. The predicted octanol–water partition coefficient (Wildman–Crippen LogP) is 2.36. The van der Waals surface area contributed by atoms with Crippen LogP contribution in [0.5, 0.6) is 11.5 Å². The van der Waals surface area contributed by atoms with Gasteiger partial charge >= 0.3 is 5.97 Å². The summed E-state index contributed by atoms with van der Waals surface area (Å²) in [5.74, 6) is 0.437. The van der Waals surface area contributed by atoms with Gasteiger partial charge in [0.1, 0.15) is 6.61 Å². The second kappa shape index (κ2) is 6.29. The molecule has 0 radical (unpaired) electrons. The van der Waals surface area contributed by atoms with Crippen LogP contribution in [0.25, 0.3) is 28.0 Å². The fourth-order valence-corrected chi connectivity index (χ4v) is 4.75. The number of hydrogen-bond acceptors (Lipinski definition) is 7. The van der Waals surface area contributed by atoms with Crippen molar-refractivity contribution in [2.45, 2.75) is 38.6 Å². The number of benzene rings is 1. The molecule has 2 aromatic heterocycles. The Balaban J connectivity index is 0.00000216. The average Bonchev–Trinajstić information content (AvgIpc) is 3.38. The van der Waals surface area contributed by atoms with E-state index in [-0.39, 0.29) is 49.6 Å². The first kappa shape index (κ1) is 19.5. The van der Waals surface area contributed by atoms with Crippen molar-refractivity contribution in [3.05, 3.63) is 56.5 Å². The van der Waals surface area contributed by atoms with Crippen molar-refractivity contribution in [3.63, 3.8) is 0 Å². The Morgan fingerprint density at radius 3 is 2.62 bits per heavy atom. The van der Waals surface area contributed by atoms with E-state index >= 15 is 0 Å². The van der Waals surface area contributed by atoms with Crippen molar-refractivity contribution in [2.24, 2.45) is 0 Å². The van der Waals surface area contributed by atoms with Crippen molar-refractivity contribution < 1.29 is 24.1 Å². The van der Waals surface area contributed by atoms with Crippen molar-refractivity contribution >= 4 is 16.9 Å². The van der Waals surface area contributed by atoms with Gasteiger partial charge in [-0.15, -0.1) is 6.54 Å². The molecule has 2 N–H and O–H groups in total. The number of fused-ring (bicyclic) bond motifs is 6. The molecule has 0 bridgehead atoms. The van der Waals surface area contributed by atoms with Crippen LogP contribution < -0.4 is 15.0 Å². The van der Waals surface area contributed by atoms with Gasteiger partial charge in [0.2, 0.25) is 6.79 Å². The van der Waals surface area contributed by atoms with Crippen molar-refractivity contribution in [2.75, 3.05) is 6.79 Å². The van der Waals surface area contributed by atoms with Crippen LogP contribution in [0, 0.1) is 0 Å². The van der Waals surface area contributed by atoms with Crippen LogP contribution in [0.4, 0.5) is 0 Å². The Labute approximate surface area is 176 Å². The average molecular weight is 687 g/mol. The molecule has 0 aliphatic carbocycles. The second-order valence-corrected chi connectivity index (χ2v) is 7.92. The molecule has 0 saturated heterocycles. The van der Waals surface area contributed by atoms with Gasteiger partial charge in [-0.1, -0.05) is 12.5 Å². The third kappa shape index (κ3) is 2.21. The number of aliphatic hydroxyl groups is 1. The summed E-state index contributed by atoms with van der Waals surface area (Å²) in [4.78, 5) is 30.4. The van der Waals surface area contributed by atoms with Crippen LogP contribution in [-0.4, -0.2) is 27.4 Å². The maximum absolute atomic E-state index is 13.3. The van der Waals surface area contributed by atoms with Gasteiger partial charge in [-0.3, -0.25) is 4.79 Å². The van der Waals surface area contributed by atoms with E-state index in [1.165, 1.54) is 0 Å². The molecule has 32 heavy (non-hydrogen) atoms. The monoisotopic (exact) mass is 687 g/mol. The molecule has 6 rings (SSSR count). The van der Waals surface area contributed by atoms with E-state index < -0.39 is 11.6 Å². The van der Waals surface area contributed by atoms with Gasteiger partial charge in [-0.2, -0.15) is 0 Å². The summed E-state index contributed by atoms with van der Waals surface area (Å²) >= 11 is 0. The summed E-state index contributed by atoms with van der Waals surface area (Å²) in [7, 11) is 0. The minimum Gasteiger partial charge on any atom is -0.674 e. The molecule has 0 spiro atoms. The van der Waals surface area contributed by atoms with Crippen LogP contribution in [0.1, 0.15) is 35.6 Å². The normalized spacial score (nSPS) is 19.8. The van der Waals surface area contributed by atoms with Crippen molar-refractivity contribution in [3.8, 4) is 22.9 Å². The molecule has 5 heterocycles. The smallest absolute Gasteiger partial charge is 0.343 e. The number of cyclic esters (lactones) is 1. The molecular formula is C22H18N3O6Rf-. The van der Waals surface area contributed by atoms with Crippen LogP contribution in [0.2, 0.25) is 0 Å². The van der Waals surface area contributed by atoms with Gasteiger partial charge in [-0.25, -0.2) is 9.78 Å². The van der Waals surface area contributed by atoms with Gasteiger partial charge in [0, 0.05) is 22.6 Å². The number of pyridine rings is 2. The molecule has 3 aromatic rings. The second-order valence-electron chi connectivity index (χ2n) is 7.92. The number of ether oxygens (including phenoxy) is 3. The van der Waals surface area contributed by atoms with E-state index in [9.17, 15) is 14.7 Å². The number of aromatic nitrogens is 2. The standard InChI is InChI=1S/C22H18N3O6.Rf/c1-2-22(28)14-4-16-19-12(7-25(16)20(26)13(14)8-29-21(22)27)11(6-23)10-3-17-18(31-9-30-17)5-15(10)24-19;/h3-5,23,28H,2,6-9H2,1H3;/q-1;/t22-;/m0./s1. The van der Waals surface area contributed by atoms with Crippen LogP contribution in [-0.2, 0) is 34.8 Å². The van der Waals surface area contributed by atoms with Crippen molar-refractivity contribution in [1.82, 2.24) is 9.55 Å². The van der Waals surface area contributed by atoms with Crippen LogP contribution in [0.3, 0.4) is 0 Å². The number of hydrogen-bond donors (Lipinski definition) is 1. The third-order valence-electron chi connectivity index (χ3n) is 6.48. The Kier molecular flexibility index (Phi) is 3.84. The van der Waals surface area contributed by atoms with E-state index in [1.807, 2.05) is 6.07 Å². The van der Waals surface area contributed by atoms with Crippen LogP contribution in [0.15, 0.2) is 23.0 Å². The Hall–Kier alpha value is -4.43. The van der Waals surface area contributed by atoms with Gasteiger partial charge < -0.3 is 29.6 Å². The van der Waals surface area contributed by atoms with Gasteiger partial charge in [0.25, 0.3) is 5.56 Å². The summed E-state index contributed by atoms with van der Waals surface area (Å²) in [6.07, 6.45) is 0.0845. The van der Waals surface area contributed by atoms with E-state index in [0.717, 1.165) is 16.5 Å². The minimum atomic E-state index is -1.87. The Morgan fingerprint density at radius 1 is 1.16 bits per heavy atom. The minimum absolute atomic E-state index is 0. The third-order valence-corrected chi connectivity index (χ3v) is 6.48. The van der Waals surface area contributed by atoms with E-state index in [2.05, 4.69) is 0 Å². The topological polar surface area (TPSA) is 124 Å². The molecule has 10 heteroatoms. The summed E-state index contributed by atoms with van der Waals surface area (Å²) in [6, 6.07) is 5.27. The molecule has 0 fully saturated rings. The van der Waals surface area contributed by atoms with E-state index in [4.69, 9.17) is 24.9 Å². The van der Waals surface area contributed by atoms with Crippen LogP contribution >= 0.6 is 0 Å². The maximum Gasteiger partial charge on any atom is 0.343 e. The number of nitrogens with zero attached hydrogens (tertiary/aromatic N) is 2. The summed E-state index contributed by atoms with van der Waals surface area (Å²) in [5.41, 5.74) is 9.78. The summed E-state index contributed by atoms with van der Waals surface area (Å²) < 4.78 is 17.6. The SMILES string of the molecule is CC[C@@]1(O)C(=O)OCc2c1cc1n(c2=O)Cc2c-1nc1cc3c(cc1c2C[NH-])OCO3.[Rf]. The zero-order valence-corrected chi connectivity index (χ0v) is 23.8. The van der Waals surface area contributed by atoms with Crippen molar-refractivity contribution in [1.29, 1.82) is 0 Å². The Bertz CT molecular complexity index is 1380. The summed E-state index contributed by atoms with van der Waals surface area (Å²) in [5, 5.41) is 11.8. The largest absolute Gasteiger partial charge is 0.674 e. The van der Waals surface area contributed by atoms with E-state index in [1.54, 1.807) is 23.6 Å². The Morgan fingerprint density at radius 2 is 1.91 bits per heavy atom. The number of carbonyl (C=O) groups excluding carboxylic acids is 1. The number of rotatable bonds is 2. The molecule has 0 saturated carbocycles. The quantitative estimate of drug-likeness (QED) is 0.321. The molecule has 0 unspecified atom stereocenters. The van der Waals surface area contributed by atoms with Gasteiger partial charge in [0.05, 0.1) is 29.0 Å². The molecule has 3 aliphatic heterocycles. The number of nitrogens with one attached hydrogen (secondary N) is 1. The molecule has 0 amide bonds. The van der Waals surface area contributed by atoms with Gasteiger partial charge in [-0.05, 0) is 18.6 Å². The maximum atomic E-state index is 13.3. The number of esters is 1. The molecule has 3 aliphatic rings. The number of carbonyl (C=O) groups is 1. The fourth-order valence-electron chi connectivity index (χ4n) is 4.75. The molecule has 1 aromatic carbocycles. The van der Waals surface area contributed by atoms with Gasteiger partial charge in [0.15, 0.2) is 17.1 Å². The zero-order valence-electron chi connectivity index (χ0n) is 17.4. The molecule has 9 nitrogen and oxygen atoms in total. The first-order valence-corrected chi connectivity index (χ1v) is 10.0.